The van der Waals surface area contributed by atoms with Gasteiger partial charge in [0.05, 0.1) is 4.88 Å². The van der Waals surface area contributed by atoms with Crippen molar-refractivity contribution in [3.63, 3.8) is 0 Å². The zero-order valence-electron chi connectivity index (χ0n) is 16.4. The van der Waals surface area contributed by atoms with Crippen molar-refractivity contribution in [1.82, 2.24) is 9.21 Å². The first-order valence-electron chi connectivity index (χ1n) is 9.56. The number of thiophene rings is 1. The third-order valence-corrected chi connectivity index (χ3v) is 8.04. The fraction of sp³-hybridized carbons (Fsp3) is 0.227. The Bertz CT molecular complexity index is 1170. The van der Waals surface area contributed by atoms with Crippen LogP contribution in [0.5, 0.6) is 0 Å². The summed E-state index contributed by atoms with van der Waals surface area (Å²) in [7, 11) is -3.93. The minimum atomic E-state index is -3.93. The van der Waals surface area contributed by atoms with E-state index in [9.17, 15) is 17.6 Å². The van der Waals surface area contributed by atoms with Crippen LogP contribution in [-0.4, -0.2) is 49.7 Å². The van der Waals surface area contributed by atoms with Gasteiger partial charge in [-0.05, 0) is 36.1 Å². The highest BCUT2D eigenvalue weighted by Crippen LogP contribution is 2.30. The number of benzene rings is 2. The molecule has 0 radical (unpaired) electrons. The molecule has 4 rings (SSSR count). The van der Waals surface area contributed by atoms with E-state index < -0.39 is 15.8 Å². The summed E-state index contributed by atoms with van der Waals surface area (Å²) in [5.74, 6) is -0.874. The van der Waals surface area contributed by atoms with Gasteiger partial charge in [0.1, 0.15) is 10.7 Å². The predicted molar refractivity (Wildman–Crippen MR) is 116 cm³/mol. The number of halogens is 1. The molecule has 5 nitrogen and oxygen atoms in total. The fourth-order valence-corrected chi connectivity index (χ4v) is 5.87. The van der Waals surface area contributed by atoms with Crippen molar-refractivity contribution in [2.24, 2.45) is 0 Å². The van der Waals surface area contributed by atoms with Crippen molar-refractivity contribution in [3.05, 3.63) is 76.2 Å². The maximum atomic E-state index is 14.0. The molecular weight excluding hydrogens is 423 g/mol. The van der Waals surface area contributed by atoms with E-state index in [1.807, 2.05) is 42.6 Å². The van der Waals surface area contributed by atoms with Crippen molar-refractivity contribution >= 4 is 27.3 Å². The molecule has 0 aliphatic carbocycles. The van der Waals surface area contributed by atoms with E-state index in [1.165, 1.54) is 33.8 Å². The largest absolute Gasteiger partial charge is 0.335 e. The van der Waals surface area contributed by atoms with Crippen LogP contribution in [0.15, 0.2) is 64.9 Å². The molecule has 1 aliphatic heterocycles. The number of rotatable bonds is 4. The van der Waals surface area contributed by atoms with Gasteiger partial charge in [0, 0.05) is 31.7 Å². The lowest BCUT2D eigenvalue weighted by Crippen LogP contribution is -2.50. The van der Waals surface area contributed by atoms with Crippen LogP contribution in [0.3, 0.4) is 0 Å². The first-order valence-corrected chi connectivity index (χ1v) is 11.9. The minimum Gasteiger partial charge on any atom is -0.335 e. The van der Waals surface area contributed by atoms with Crippen LogP contribution < -0.4 is 0 Å². The molecule has 0 atom stereocenters. The maximum Gasteiger partial charge on any atom is 0.264 e. The number of nitrogens with zero attached hydrogens (tertiary/aromatic N) is 2. The number of sulfonamides is 1. The number of piperazine rings is 1. The summed E-state index contributed by atoms with van der Waals surface area (Å²) in [6.45, 7) is 2.80. The van der Waals surface area contributed by atoms with Crippen LogP contribution in [0.25, 0.3) is 11.1 Å². The predicted octanol–water partition coefficient (Wildman–Crippen LogP) is 4.01. The molecule has 3 aromatic rings. The third kappa shape index (κ3) is 3.90. The minimum absolute atomic E-state index is 0.108. The van der Waals surface area contributed by atoms with Crippen molar-refractivity contribution in [2.75, 3.05) is 26.2 Å². The van der Waals surface area contributed by atoms with Crippen molar-refractivity contribution in [1.29, 1.82) is 0 Å². The summed E-state index contributed by atoms with van der Waals surface area (Å²) in [6, 6.07) is 15.3. The molecule has 0 spiro atoms. The first-order chi connectivity index (χ1) is 14.4. The molecule has 2 heterocycles. The highest BCUT2D eigenvalue weighted by atomic mass is 32.2. The lowest BCUT2D eigenvalue weighted by Gasteiger charge is -2.34. The average molecular weight is 445 g/mol. The summed E-state index contributed by atoms with van der Waals surface area (Å²) in [5, 5.41) is 1.89. The van der Waals surface area contributed by atoms with Crippen LogP contribution in [0.4, 0.5) is 4.39 Å². The van der Waals surface area contributed by atoms with Gasteiger partial charge in [-0.1, -0.05) is 42.0 Å². The second kappa shape index (κ2) is 8.29. The Morgan fingerprint density at radius 3 is 2.30 bits per heavy atom. The molecule has 1 amide bonds. The lowest BCUT2D eigenvalue weighted by atomic mass is 10.0. The van der Waals surface area contributed by atoms with E-state index in [1.54, 1.807) is 4.90 Å². The summed E-state index contributed by atoms with van der Waals surface area (Å²) in [6.07, 6.45) is 0. The summed E-state index contributed by atoms with van der Waals surface area (Å²) in [5.41, 5.74) is 3.01. The van der Waals surface area contributed by atoms with Gasteiger partial charge in [0.25, 0.3) is 5.91 Å². The van der Waals surface area contributed by atoms with Gasteiger partial charge in [0.2, 0.25) is 10.0 Å². The number of hydrogen-bond donors (Lipinski definition) is 0. The number of hydrogen-bond acceptors (Lipinski definition) is 4. The van der Waals surface area contributed by atoms with Crippen LogP contribution in [0.1, 0.15) is 15.2 Å². The maximum absolute atomic E-state index is 14.0. The molecule has 1 saturated heterocycles. The Morgan fingerprint density at radius 2 is 1.63 bits per heavy atom. The molecule has 1 fully saturated rings. The topological polar surface area (TPSA) is 57.7 Å². The Balaban J connectivity index is 1.49. The van der Waals surface area contributed by atoms with Crippen molar-refractivity contribution < 1.29 is 17.6 Å². The van der Waals surface area contributed by atoms with Crippen molar-refractivity contribution in [3.8, 4) is 11.1 Å². The molecule has 1 aliphatic rings. The lowest BCUT2D eigenvalue weighted by molar-refractivity contribution is 0.0703. The van der Waals surface area contributed by atoms with Crippen LogP contribution in [0, 0.1) is 12.7 Å². The van der Waals surface area contributed by atoms with Gasteiger partial charge >= 0.3 is 0 Å². The molecule has 1 aromatic heterocycles. The molecule has 0 unspecified atom stereocenters. The van der Waals surface area contributed by atoms with Crippen LogP contribution in [-0.2, 0) is 10.0 Å². The number of amides is 1. The third-order valence-electron chi connectivity index (χ3n) is 5.20. The van der Waals surface area contributed by atoms with E-state index in [4.69, 9.17) is 0 Å². The van der Waals surface area contributed by atoms with Gasteiger partial charge in [-0.15, -0.1) is 11.3 Å². The summed E-state index contributed by atoms with van der Waals surface area (Å²) < 4.78 is 40.8. The highest BCUT2D eigenvalue weighted by molar-refractivity contribution is 7.89. The van der Waals surface area contributed by atoms with Crippen molar-refractivity contribution in [2.45, 2.75) is 11.8 Å². The normalized spacial score (nSPS) is 15.3. The SMILES string of the molecule is Cc1ccc(-c2ccsc2C(=O)N2CCN(S(=O)(=O)c3ccccc3F)CC2)cc1. The van der Waals surface area contributed by atoms with Crippen LogP contribution in [0.2, 0.25) is 0 Å². The van der Waals surface area contributed by atoms with E-state index in [-0.39, 0.29) is 37.0 Å². The fourth-order valence-electron chi connectivity index (χ4n) is 3.50. The quantitative estimate of drug-likeness (QED) is 0.611. The second-order valence-corrected chi connectivity index (χ2v) is 9.98. The molecule has 0 saturated carbocycles. The molecule has 0 bridgehead atoms. The Hall–Kier alpha value is -2.55. The van der Waals surface area contributed by atoms with Gasteiger partial charge in [0.15, 0.2) is 0 Å². The van der Waals surface area contributed by atoms with Crippen LogP contribution >= 0.6 is 11.3 Å². The molecule has 30 heavy (non-hydrogen) atoms. The Labute approximate surface area is 179 Å². The van der Waals surface area contributed by atoms with E-state index in [0.29, 0.717) is 4.88 Å². The zero-order chi connectivity index (χ0) is 21.3. The molecule has 156 valence electrons. The first kappa shape index (κ1) is 20.7. The highest BCUT2D eigenvalue weighted by Gasteiger charge is 2.32. The summed E-state index contributed by atoms with van der Waals surface area (Å²) >= 11 is 1.38. The average Bonchev–Trinajstić information content (AvgIpc) is 3.24. The molecule has 0 N–H and O–H groups in total. The monoisotopic (exact) mass is 444 g/mol. The molecular formula is C22H21FN2O3S2. The van der Waals surface area contributed by atoms with Gasteiger partial charge in [-0.3, -0.25) is 4.79 Å². The Kier molecular flexibility index (Phi) is 5.73. The number of carbonyl (C=O) groups excluding carboxylic acids is 1. The van der Waals surface area contributed by atoms with Gasteiger partial charge in [-0.25, -0.2) is 12.8 Å². The van der Waals surface area contributed by atoms with E-state index in [2.05, 4.69) is 0 Å². The Morgan fingerprint density at radius 1 is 0.967 bits per heavy atom. The smallest absolute Gasteiger partial charge is 0.264 e. The second-order valence-electron chi connectivity index (χ2n) is 7.16. The van der Waals surface area contributed by atoms with E-state index >= 15 is 0 Å². The number of aryl methyl sites for hydroxylation is 1. The number of carbonyl (C=O) groups is 1. The zero-order valence-corrected chi connectivity index (χ0v) is 18.0. The molecule has 8 heteroatoms. The summed E-state index contributed by atoms with van der Waals surface area (Å²) in [4.78, 5) is 15.1. The molecule has 2 aromatic carbocycles. The van der Waals surface area contributed by atoms with E-state index in [0.717, 1.165) is 22.8 Å². The van der Waals surface area contributed by atoms with Gasteiger partial charge in [-0.2, -0.15) is 4.31 Å². The standard InChI is InChI=1S/C22H21FN2O3S2/c1-16-6-8-17(9-7-16)18-10-15-29-21(18)22(26)24-11-13-25(14-12-24)30(27,28)20-5-3-2-4-19(20)23/h2-10,15H,11-14H2,1H3. The van der Waals surface area contributed by atoms with Gasteiger partial charge < -0.3 is 4.90 Å².